The van der Waals surface area contributed by atoms with Crippen LogP contribution >= 0.6 is 0 Å². The lowest BCUT2D eigenvalue weighted by Crippen LogP contribution is -2.36. The Labute approximate surface area is 145 Å². The summed E-state index contributed by atoms with van der Waals surface area (Å²) in [5.41, 5.74) is 1.71. The summed E-state index contributed by atoms with van der Waals surface area (Å²) in [6, 6.07) is 11.0. The van der Waals surface area contributed by atoms with Crippen LogP contribution < -0.4 is 16.0 Å². The fourth-order valence-corrected chi connectivity index (χ4v) is 2.78. The van der Waals surface area contributed by atoms with E-state index in [1.165, 1.54) is 18.2 Å². The van der Waals surface area contributed by atoms with E-state index in [0.29, 0.717) is 11.3 Å². The minimum atomic E-state index is -0.583. The van der Waals surface area contributed by atoms with Crippen molar-refractivity contribution in [3.63, 3.8) is 0 Å². The fraction of sp³-hybridized carbons (Fsp3) is 0.263. The number of rotatable bonds is 4. The van der Waals surface area contributed by atoms with E-state index in [9.17, 15) is 14.0 Å². The molecule has 25 heavy (non-hydrogen) atoms. The van der Waals surface area contributed by atoms with Gasteiger partial charge >= 0.3 is 0 Å². The molecule has 1 heterocycles. The molecule has 3 rings (SSSR count). The highest BCUT2D eigenvalue weighted by atomic mass is 19.1. The number of carbonyl (C=O) groups is 2. The first kappa shape index (κ1) is 17.1. The minimum absolute atomic E-state index is 0.0335. The zero-order valence-corrected chi connectivity index (χ0v) is 13.9. The van der Waals surface area contributed by atoms with E-state index in [2.05, 4.69) is 16.0 Å². The lowest BCUT2D eigenvalue weighted by Gasteiger charge is -2.14. The van der Waals surface area contributed by atoms with Crippen molar-refractivity contribution in [1.82, 2.24) is 10.6 Å². The highest BCUT2D eigenvalue weighted by molar-refractivity contribution is 6.05. The van der Waals surface area contributed by atoms with E-state index < -0.39 is 11.7 Å². The largest absolute Gasteiger partial charge is 0.348 e. The molecule has 2 aromatic rings. The van der Waals surface area contributed by atoms with Gasteiger partial charge in [-0.25, -0.2) is 4.39 Å². The van der Waals surface area contributed by atoms with E-state index in [0.717, 1.165) is 25.1 Å². The van der Waals surface area contributed by atoms with E-state index >= 15 is 0 Å². The van der Waals surface area contributed by atoms with Gasteiger partial charge in [-0.15, -0.1) is 0 Å². The van der Waals surface area contributed by atoms with E-state index in [4.69, 9.17) is 0 Å². The highest BCUT2D eigenvalue weighted by Crippen LogP contribution is 2.19. The van der Waals surface area contributed by atoms with Crippen LogP contribution in [0.15, 0.2) is 42.5 Å². The van der Waals surface area contributed by atoms with Crippen LogP contribution in [0.2, 0.25) is 0 Å². The molecule has 3 N–H and O–H groups in total. The first-order chi connectivity index (χ1) is 12.0. The number of nitrogens with one attached hydrogen (secondary N) is 3. The van der Waals surface area contributed by atoms with Crippen molar-refractivity contribution in [3.8, 4) is 0 Å². The molecule has 0 aliphatic carbocycles. The summed E-state index contributed by atoms with van der Waals surface area (Å²) in [4.78, 5) is 24.6. The number of halogens is 1. The lowest BCUT2D eigenvalue weighted by atomic mass is 10.1. The summed E-state index contributed by atoms with van der Waals surface area (Å²) in [7, 11) is 0. The maximum absolute atomic E-state index is 13.7. The molecule has 2 aromatic carbocycles. The van der Waals surface area contributed by atoms with E-state index in [-0.39, 0.29) is 17.5 Å². The standard InChI is InChI=1S/C19H20FN3O2/c1-12-6-7-13(18(24)22-14-8-9-21-11-14)10-17(12)23-19(25)15-4-2-3-5-16(15)20/h2-7,10,14,21H,8-9,11H2,1H3,(H,22,24)(H,23,25). The van der Waals surface area contributed by atoms with Crippen molar-refractivity contribution in [2.45, 2.75) is 19.4 Å². The fourth-order valence-electron chi connectivity index (χ4n) is 2.78. The molecule has 1 unspecified atom stereocenters. The summed E-state index contributed by atoms with van der Waals surface area (Å²) in [5.74, 6) is -1.31. The van der Waals surface area contributed by atoms with Crippen LogP contribution in [0.5, 0.6) is 0 Å². The van der Waals surface area contributed by atoms with Gasteiger partial charge < -0.3 is 16.0 Å². The van der Waals surface area contributed by atoms with Gasteiger partial charge in [-0.2, -0.15) is 0 Å². The Morgan fingerprint density at radius 2 is 1.96 bits per heavy atom. The monoisotopic (exact) mass is 341 g/mol. The third kappa shape index (κ3) is 4.03. The number of amides is 2. The molecule has 6 heteroatoms. The second-order valence-electron chi connectivity index (χ2n) is 6.13. The Hall–Kier alpha value is -2.73. The summed E-state index contributed by atoms with van der Waals surface area (Å²) >= 11 is 0. The quantitative estimate of drug-likeness (QED) is 0.800. The van der Waals surface area contributed by atoms with Crippen LogP contribution in [0.4, 0.5) is 10.1 Å². The number of anilines is 1. The Morgan fingerprint density at radius 3 is 2.68 bits per heavy atom. The molecule has 1 fully saturated rings. The highest BCUT2D eigenvalue weighted by Gasteiger charge is 2.18. The van der Waals surface area contributed by atoms with Crippen molar-refractivity contribution in [2.24, 2.45) is 0 Å². The molecule has 1 saturated heterocycles. The molecule has 0 aromatic heterocycles. The van der Waals surface area contributed by atoms with Crippen LogP contribution in [-0.4, -0.2) is 30.9 Å². The number of benzene rings is 2. The average molecular weight is 341 g/mol. The molecular formula is C19H20FN3O2. The molecule has 0 saturated carbocycles. The molecule has 1 atom stereocenters. The van der Waals surface area contributed by atoms with Gasteiger partial charge in [0.15, 0.2) is 0 Å². The maximum atomic E-state index is 13.7. The average Bonchev–Trinajstić information content (AvgIpc) is 3.10. The Bertz CT molecular complexity index is 801. The second kappa shape index (κ2) is 7.44. The summed E-state index contributed by atoms with van der Waals surface area (Å²) < 4.78 is 13.7. The van der Waals surface area contributed by atoms with Gasteiger partial charge in [0.2, 0.25) is 0 Å². The minimum Gasteiger partial charge on any atom is -0.348 e. The third-order valence-corrected chi connectivity index (χ3v) is 4.26. The Kier molecular flexibility index (Phi) is 5.09. The smallest absolute Gasteiger partial charge is 0.258 e. The van der Waals surface area contributed by atoms with Crippen LogP contribution in [0.25, 0.3) is 0 Å². The molecule has 0 radical (unpaired) electrons. The molecule has 1 aliphatic rings. The van der Waals surface area contributed by atoms with Crippen molar-refractivity contribution < 1.29 is 14.0 Å². The van der Waals surface area contributed by atoms with Gasteiger partial charge in [0, 0.05) is 23.8 Å². The maximum Gasteiger partial charge on any atom is 0.258 e. The van der Waals surface area contributed by atoms with Gasteiger partial charge in [0.1, 0.15) is 5.82 Å². The van der Waals surface area contributed by atoms with Gasteiger partial charge in [-0.3, -0.25) is 9.59 Å². The zero-order chi connectivity index (χ0) is 17.8. The normalized spacial score (nSPS) is 16.5. The summed E-state index contributed by atoms with van der Waals surface area (Å²) in [5, 5.41) is 8.84. The van der Waals surface area contributed by atoms with Gasteiger partial charge in [0.05, 0.1) is 5.56 Å². The summed E-state index contributed by atoms with van der Waals surface area (Å²) in [6.07, 6.45) is 0.897. The number of hydrogen-bond acceptors (Lipinski definition) is 3. The van der Waals surface area contributed by atoms with Crippen LogP contribution in [0.3, 0.4) is 0 Å². The van der Waals surface area contributed by atoms with Gasteiger partial charge in [-0.05, 0) is 49.7 Å². The van der Waals surface area contributed by atoms with Crippen LogP contribution in [-0.2, 0) is 0 Å². The molecule has 130 valence electrons. The number of carbonyl (C=O) groups excluding carboxylic acids is 2. The van der Waals surface area contributed by atoms with Gasteiger partial charge in [0.25, 0.3) is 11.8 Å². The van der Waals surface area contributed by atoms with Crippen LogP contribution in [0, 0.1) is 12.7 Å². The van der Waals surface area contributed by atoms with E-state index in [1.807, 2.05) is 6.92 Å². The third-order valence-electron chi connectivity index (χ3n) is 4.26. The molecule has 2 amide bonds. The molecule has 0 bridgehead atoms. The molecule has 5 nitrogen and oxygen atoms in total. The first-order valence-corrected chi connectivity index (χ1v) is 8.22. The van der Waals surface area contributed by atoms with Crippen molar-refractivity contribution in [3.05, 3.63) is 65.0 Å². The zero-order valence-electron chi connectivity index (χ0n) is 13.9. The molecule has 0 spiro atoms. The first-order valence-electron chi connectivity index (χ1n) is 8.22. The van der Waals surface area contributed by atoms with E-state index in [1.54, 1.807) is 24.3 Å². The van der Waals surface area contributed by atoms with Gasteiger partial charge in [-0.1, -0.05) is 18.2 Å². The Morgan fingerprint density at radius 1 is 1.16 bits per heavy atom. The number of aryl methyl sites for hydroxylation is 1. The predicted molar refractivity (Wildman–Crippen MR) is 94.3 cm³/mol. The predicted octanol–water partition coefficient (Wildman–Crippen LogP) is 2.48. The van der Waals surface area contributed by atoms with Crippen LogP contribution in [0.1, 0.15) is 32.7 Å². The topological polar surface area (TPSA) is 70.2 Å². The second-order valence-corrected chi connectivity index (χ2v) is 6.13. The molecular weight excluding hydrogens is 321 g/mol. The van der Waals surface area contributed by atoms with Crippen molar-refractivity contribution in [1.29, 1.82) is 0 Å². The summed E-state index contributed by atoms with van der Waals surface area (Å²) in [6.45, 7) is 3.47. The number of hydrogen-bond donors (Lipinski definition) is 3. The van der Waals surface area contributed by atoms with Crippen molar-refractivity contribution >= 4 is 17.5 Å². The molecule has 1 aliphatic heterocycles. The Balaban J connectivity index is 1.76. The van der Waals surface area contributed by atoms with Crippen molar-refractivity contribution in [2.75, 3.05) is 18.4 Å². The SMILES string of the molecule is Cc1ccc(C(=O)NC2CCNC2)cc1NC(=O)c1ccccc1F. The lowest BCUT2D eigenvalue weighted by molar-refractivity contribution is 0.0938.